The molecule has 0 aliphatic heterocycles. The number of fused-ring (bicyclic) bond motifs is 1. The third-order valence-corrected chi connectivity index (χ3v) is 3.51. The maximum atomic E-state index is 13.3. The highest BCUT2D eigenvalue weighted by molar-refractivity contribution is 7.71. The summed E-state index contributed by atoms with van der Waals surface area (Å²) < 4.78 is 79.1. The van der Waals surface area contributed by atoms with Crippen molar-refractivity contribution in [2.75, 3.05) is 0 Å². The summed E-state index contributed by atoms with van der Waals surface area (Å²) >= 11 is 4.90. The topological polar surface area (TPSA) is 46.0 Å². The lowest BCUT2D eigenvalue weighted by Gasteiger charge is -2.16. The molecule has 1 N–H and O–H groups in total. The van der Waals surface area contributed by atoms with E-state index in [4.69, 9.17) is 12.2 Å². The van der Waals surface area contributed by atoms with Gasteiger partial charge in [0.05, 0.1) is 22.8 Å². The number of aromatic amines is 1. The van der Waals surface area contributed by atoms with Crippen LogP contribution in [0.5, 0.6) is 0 Å². The summed E-state index contributed by atoms with van der Waals surface area (Å²) in [5.41, 5.74) is -3.41. The molecule has 0 aliphatic carbocycles. The van der Waals surface area contributed by atoms with Gasteiger partial charge in [0, 0.05) is 5.56 Å². The lowest BCUT2D eigenvalue weighted by Crippen LogP contribution is -2.13. The molecule has 24 heavy (non-hydrogen) atoms. The van der Waals surface area contributed by atoms with Crippen LogP contribution in [-0.4, -0.2) is 19.8 Å². The van der Waals surface area contributed by atoms with Gasteiger partial charge < -0.3 is 0 Å². The van der Waals surface area contributed by atoms with Crippen LogP contribution in [0.15, 0.2) is 30.5 Å². The van der Waals surface area contributed by atoms with Gasteiger partial charge in [-0.1, -0.05) is 6.07 Å². The lowest BCUT2D eigenvalue weighted by molar-refractivity contribution is -0.142. The first-order valence-electron chi connectivity index (χ1n) is 6.30. The molecule has 0 saturated carbocycles. The molecular weight excluding hydrogens is 358 g/mol. The van der Waals surface area contributed by atoms with E-state index in [1.807, 2.05) is 0 Å². The van der Waals surface area contributed by atoms with E-state index in [0.29, 0.717) is 6.07 Å². The zero-order chi connectivity index (χ0) is 17.7. The number of H-pyrrole nitrogens is 1. The first-order valence-corrected chi connectivity index (χ1v) is 6.71. The number of alkyl halides is 6. The van der Waals surface area contributed by atoms with Crippen molar-refractivity contribution in [3.8, 4) is 11.3 Å². The summed E-state index contributed by atoms with van der Waals surface area (Å²) in [5.74, 6) is 0. The Kier molecular flexibility index (Phi) is 3.62. The molecule has 0 atom stereocenters. The minimum Gasteiger partial charge on any atom is -0.251 e. The van der Waals surface area contributed by atoms with Crippen molar-refractivity contribution in [3.63, 3.8) is 0 Å². The standard InChI is InChI=1S/C13H6F6N4S/c14-12(15,16)6-1-2-7(8(5-6)13(17,18)19)10-9-3-4-20-23(9)11(24)22-21-10/h1-5H,(H,22,24). The van der Waals surface area contributed by atoms with Crippen LogP contribution >= 0.6 is 12.2 Å². The average Bonchev–Trinajstić information content (AvgIpc) is 2.95. The molecule has 1 aromatic carbocycles. The fourth-order valence-electron chi connectivity index (χ4n) is 2.21. The zero-order valence-corrected chi connectivity index (χ0v) is 12.2. The Labute approximate surface area is 134 Å². The van der Waals surface area contributed by atoms with Crippen molar-refractivity contribution in [3.05, 3.63) is 46.4 Å². The highest BCUT2D eigenvalue weighted by Gasteiger charge is 2.39. The van der Waals surface area contributed by atoms with Crippen LogP contribution in [0.2, 0.25) is 0 Å². The number of aromatic nitrogens is 4. The Morgan fingerprint density at radius 2 is 1.71 bits per heavy atom. The van der Waals surface area contributed by atoms with Crippen molar-refractivity contribution in [2.45, 2.75) is 12.4 Å². The molecule has 0 amide bonds. The number of hydrogen-bond donors (Lipinski definition) is 1. The Balaban J connectivity index is 2.33. The SMILES string of the molecule is FC(F)(F)c1ccc(-c2n[nH]c(=S)n3nccc23)c(C(F)(F)F)c1. The summed E-state index contributed by atoms with van der Waals surface area (Å²) in [4.78, 5) is 0. The molecule has 0 aliphatic rings. The second-order valence-electron chi connectivity index (χ2n) is 4.76. The highest BCUT2D eigenvalue weighted by atomic mass is 32.1. The lowest BCUT2D eigenvalue weighted by atomic mass is 10.00. The van der Waals surface area contributed by atoms with Crippen molar-refractivity contribution in [1.29, 1.82) is 0 Å². The Morgan fingerprint density at radius 3 is 2.33 bits per heavy atom. The quantitative estimate of drug-likeness (QED) is 0.511. The number of nitrogens with zero attached hydrogens (tertiary/aromatic N) is 3. The molecule has 0 fully saturated rings. The molecule has 0 radical (unpaired) electrons. The molecule has 0 saturated heterocycles. The van der Waals surface area contributed by atoms with Gasteiger partial charge in [-0.2, -0.15) is 36.5 Å². The smallest absolute Gasteiger partial charge is 0.251 e. The van der Waals surface area contributed by atoms with Crippen LogP contribution in [0.25, 0.3) is 16.8 Å². The summed E-state index contributed by atoms with van der Waals surface area (Å²) in [5, 5.41) is 9.90. The summed E-state index contributed by atoms with van der Waals surface area (Å²) in [6.45, 7) is 0. The van der Waals surface area contributed by atoms with E-state index in [1.54, 1.807) is 0 Å². The predicted molar refractivity (Wildman–Crippen MR) is 73.6 cm³/mol. The van der Waals surface area contributed by atoms with Crippen molar-refractivity contribution in [1.82, 2.24) is 19.8 Å². The van der Waals surface area contributed by atoms with Gasteiger partial charge in [-0.15, -0.1) is 0 Å². The summed E-state index contributed by atoms with van der Waals surface area (Å²) in [6.07, 6.45) is -8.60. The van der Waals surface area contributed by atoms with Gasteiger partial charge in [0.25, 0.3) is 0 Å². The van der Waals surface area contributed by atoms with Crippen LogP contribution in [0, 0.1) is 4.77 Å². The molecule has 4 nitrogen and oxygen atoms in total. The molecule has 11 heteroatoms. The average molecular weight is 364 g/mol. The Bertz CT molecular complexity index is 969. The Hall–Kier alpha value is -2.43. The number of rotatable bonds is 1. The van der Waals surface area contributed by atoms with E-state index in [1.165, 1.54) is 12.3 Å². The summed E-state index contributed by atoms with van der Waals surface area (Å²) in [7, 11) is 0. The van der Waals surface area contributed by atoms with E-state index in [-0.39, 0.29) is 22.0 Å². The van der Waals surface area contributed by atoms with Gasteiger partial charge in [0.1, 0.15) is 5.69 Å². The molecular formula is C13H6F6N4S. The molecule has 3 aromatic rings. The molecule has 126 valence electrons. The molecule has 0 bridgehead atoms. The third kappa shape index (κ3) is 2.75. The van der Waals surface area contributed by atoms with Crippen molar-refractivity contribution < 1.29 is 26.3 Å². The van der Waals surface area contributed by atoms with E-state index >= 15 is 0 Å². The maximum Gasteiger partial charge on any atom is 0.417 e. The van der Waals surface area contributed by atoms with Gasteiger partial charge in [-0.05, 0) is 30.4 Å². The van der Waals surface area contributed by atoms with E-state index in [2.05, 4.69) is 15.3 Å². The van der Waals surface area contributed by atoms with E-state index < -0.39 is 29.0 Å². The van der Waals surface area contributed by atoms with Gasteiger partial charge in [0.15, 0.2) is 0 Å². The second kappa shape index (κ2) is 5.30. The highest BCUT2D eigenvalue weighted by Crippen LogP contribution is 2.41. The van der Waals surface area contributed by atoms with Crippen molar-refractivity contribution in [2.24, 2.45) is 0 Å². The van der Waals surface area contributed by atoms with Gasteiger partial charge in [-0.3, -0.25) is 5.10 Å². The van der Waals surface area contributed by atoms with Crippen LogP contribution in [0.3, 0.4) is 0 Å². The fraction of sp³-hybridized carbons (Fsp3) is 0.154. The minimum atomic E-state index is -5.00. The largest absolute Gasteiger partial charge is 0.417 e. The minimum absolute atomic E-state index is 0.0409. The van der Waals surface area contributed by atoms with Crippen LogP contribution in [0.4, 0.5) is 26.3 Å². The molecule has 0 unspecified atom stereocenters. The maximum absolute atomic E-state index is 13.3. The Morgan fingerprint density at radius 1 is 1.00 bits per heavy atom. The second-order valence-corrected chi connectivity index (χ2v) is 5.15. The van der Waals surface area contributed by atoms with E-state index in [9.17, 15) is 26.3 Å². The first-order chi connectivity index (χ1) is 11.1. The predicted octanol–water partition coefficient (Wildman–Crippen LogP) is 4.49. The van der Waals surface area contributed by atoms with Crippen LogP contribution in [0.1, 0.15) is 11.1 Å². The summed E-state index contributed by atoms with van der Waals surface area (Å²) in [6, 6.07) is 2.73. The zero-order valence-electron chi connectivity index (χ0n) is 11.4. The monoisotopic (exact) mass is 364 g/mol. The third-order valence-electron chi connectivity index (χ3n) is 3.25. The number of hydrogen-bond acceptors (Lipinski definition) is 3. The fourth-order valence-corrected chi connectivity index (χ4v) is 2.40. The number of halogens is 6. The van der Waals surface area contributed by atoms with Gasteiger partial charge >= 0.3 is 12.4 Å². The molecule has 2 heterocycles. The number of benzene rings is 1. The van der Waals surface area contributed by atoms with E-state index in [0.717, 1.165) is 10.6 Å². The molecule has 3 rings (SSSR count). The normalized spacial score (nSPS) is 12.8. The van der Waals surface area contributed by atoms with Gasteiger partial charge in [-0.25, -0.2) is 4.52 Å². The van der Waals surface area contributed by atoms with Crippen LogP contribution in [-0.2, 0) is 12.4 Å². The molecule has 2 aromatic heterocycles. The molecule has 0 spiro atoms. The first kappa shape index (κ1) is 16.4. The number of nitrogens with one attached hydrogen (secondary N) is 1. The van der Waals surface area contributed by atoms with Crippen molar-refractivity contribution >= 4 is 17.7 Å². The van der Waals surface area contributed by atoms with Crippen LogP contribution < -0.4 is 0 Å². The van der Waals surface area contributed by atoms with Gasteiger partial charge in [0.2, 0.25) is 4.77 Å².